The fourth-order valence-corrected chi connectivity index (χ4v) is 2.27. The Kier molecular flexibility index (Phi) is 9.38. The number of likely N-dealkylation sites (tertiary alicyclic amines) is 1. The van der Waals surface area contributed by atoms with Crippen LogP contribution in [0.1, 0.15) is 19.8 Å². The molecule has 5 nitrogen and oxygen atoms in total. The SMILES string of the molecule is COCCOCCOCCNC1CCN(C)C(C)C1. The number of nitrogens with zero attached hydrogens (tertiary/aromatic N) is 1. The third-order valence-electron chi connectivity index (χ3n) is 3.69. The van der Waals surface area contributed by atoms with Gasteiger partial charge in [-0.2, -0.15) is 0 Å². The number of ether oxygens (including phenoxy) is 3. The number of methoxy groups -OCH3 is 1. The summed E-state index contributed by atoms with van der Waals surface area (Å²) in [5, 5.41) is 3.57. The van der Waals surface area contributed by atoms with Crippen LogP contribution >= 0.6 is 0 Å². The molecule has 5 heteroatoms. The zero-order valence-electron chi connectivity index (χ0n) is 12.7. The van der Waals surface area contributed by atoms with Crippen molar-refractivity contribution in [1.29, 1.82) is 0 Å². The number of nitrogens with one attached hydrogen (secondary N) is 1. The molecule has 0 saturated carbocycles. The Balaban J connectivity index is 1.86. The summed E-state index contributed by atoms with van der Waals surface area (Å²) in [6, 6.07) is 1.33. The van der Waals surface area contributed by atoms with Gasteiger partial charge in [0.1, 0.15) is 0 Å². The van der Waals surface area contributed by atoms with E-state index < -0.39 is 0 Å². The van der Waals surface area contributed by atoms with Crippen LogP contribution in [0.5, 0.6) is 0 Å². The van der Waals surface area contributed by atoms with E-state index in [0.717, 1.165) is 13.2 Å². The monoisotopic (exact) mass is 274 g/mol. The van der Waals surface area contributed by atoms with Crippen LogP contribution in [0, 0.1) is 0 Å². The molecule has 1 aliphatic rings. The van der Waals surface area contributed by atoms with Crippen LogP contribution in [0.15, 0.2) is 0 Å². The number of piperidine rings is 1. The van der Waals surface area contributed by atoms with Gasteiger partial charge in [-0.25, -0.2) is 0 Å². The van der Waals surface area contributed by atoms with E-state index in [1.165, 1.54) is 19.4 Å². The average molecular weight is 274 g/mol. The standard InChI is InChI=1S/C14H30N2O3/c1-13-12-14(4-6-16(13)2)15-5-7-18-10-11-19-9-8-17-3/h13-15H,4-12H2,1-3H3. The minimum absolute atomic E-state index is 0.644. The first-order valence-electron chi connectivity index (χ1n) is 7.32. The molecule has 1 saturated heterocycles. The number of hydrogen-bond acceptors (Lipinski definition) is 5. The van der Waals surface area contributed by atoms with Crippen LogP contribution < -0.4 is 5.32 Å². The van der Waals surface area contributed by atoms with Gasteiger partial charge in [0.05, 0.1) is 33.0 Å². The summed E-state index contributed by atoms with van der Waals surface area (Å²) in [6.45, 7) is 7.77. The molecule has 114 valence electrons. The van der Waals surface area contributed by atoms with Crippen LogP contribution in [0.2, 0.25) is 0 Å². The fraction of sp³-hybridized carbons (Fsp3) is 1.00. The zero-order valence-corrected chi connectivity index (χ0v) is 12.7. The molecule has 0 aliphatic carbocycles. The van der Waals surface area contributed by atoms with E-state index in [0.29, 0.717) is 38.5 Å². The normalized spacial score (nSPS) is 24.8. The van der Waals surface area contributed by atoms with Gasteiger partial charge in [-0.05, 0) is 33.4 Å². The van der Waals surface area contributed by atoms with Gasteiger partial charge in [0, 0.05) is 25.7 Å². The maximum absolute atomic E-state index is 5.51. The largest absolute Gasteiger partial charge is 0.382 e. The molecular weight excluding hydrogens is 244 g/mol. The Hall–Kier alpha value is -0.200. The lowest BCUT2D eigenvalue weighted by Crippen LogP contribution is -2.46. The summed E-state index contributed by atoms with van der Waals surface area (Å²) in [6.07, 6.45) is 2.47. The lowest BCUT2D eigenvalue weighted by Gasteiger charge is -2.35. The zero-order chi connectivity index (χ0) is 13.9. The van der Waals surface area contributed by atoms with Crippen LogP contribution in [0.25, 0.3) is 0 Å². The lowest BCUT2D eigenvalue weighted by molar-refractivity contribution is 0.0247. The van der Waals surface area contributed by atoms with E-state index in [4.69, 9.17) is 14.2 Å². The van der Waals surface area contributed by atoms with Crippen molar-refractivity contribution in [3.8, 4) is 0 Å². The molecule has 2 unspecified atom stereocenters. The van der Waals surface area contributed by atoms with Crippen molar-refractivity contribution in [3.63, 3.8) is 0 Å². The summed E-state index contributed by atoms with van der Waals surface area (Å²) in [5.41, 5.74) is 0. The second-order valence-electron chi connectivity index (χ2n) is 5.22. The smallest absolute Gasteiger partial charge is 0.0701 e. The van der Waals surface area contributed by atoms with Gasteiger partial charge in [0.2, 0.25) is 0 Å². The van der Waals surface area contributed by atoms with Gasteiger partial charge in [0.15, 0.2) is 0 Å². The predicted molar refractivity (Wildman–Crippen MR) is 76.6 cm³/mol. The molecule has 0 bridgehead atoms. The van der Waals surface area contributed by atoms with Gasteiger partial charge in [-0.3, -0.25) is 0 Å². The van der Waals surface area contributed by atoms with Gasteiger partial charge < -0.3 is 24.4 Å². The molecule has 0 radical (unpaired) electrons. The average Bonchev–Trinajstić information content (AvgIpc) is 2.41. The number of rotatable bonds is 10. The van der Waals surface area contributed by atoms with E-state index in [-0.39, 0.29) is 0 Å². The Bertz CT molecular complexity index is 217. The quantitative estimate of drug-likeness (QED) is 0.595. The molecule has 19 heavy (non-hydrogen) atoms. The van der Waals surface area contributed by atoms with Crippen molar-refractivity contribution in [2.24, 2.45) is 0 Å². The number of hydrogen-bond donors (Lipinski definition) is 1. The van der Waals surface area contributed by atoms with Crippen LogP contribution in [0.3, 0.4) is 0 Å². The first-order chi connectivity index (χ1) is 9.24. The summed E-state index contributed by atoms with van der Waals surface area (Å²) >= 11 is 0. The van der Waals surface area contributed by atoms with Gasteiger partial charge in [0.25, 0.3) is 0 Å². The van der Waals surface area contributed by atoms with Crippen molar-refractivity contribution in [2.45, 2.75) is 31.8 Å². The Labute approximate surface area is 117 Å². The summed E-state index contributed by atoms with van der Waals surface area (Å²) < 4.78 is 15.7. The molecule has 1 fully saturated rings. The van der Waals surface area contributed by atoms with Crippen molar-refractivity contribution in [2.75, 3.05) is 60.3 Å². The molecule has 0 spiro atoms. The van der Waals surface area contributed by atoms with E-state index in [9.17, 15) is 0 Å². The highest BCUT2D eigenvalue weighted by Crippen LogP contribution is 2.14. The molecular formula is C14H30N2O3. The minimum Gasteiger partial charge on any atom is -0.382 e. The maximum Gasteiger partial charge on any atom is 0.0701 e. The molecule has 1 rings (SSSR count). The molecule has 0 aromatic carbocycles. The molecule has 1 N–H and O–H groups in total. The molecule has 1 aliphatic heterocycles. The van der Waals surface area contributed by atoms with Crippen LogP contribution in [0.4, 0.5) is 0 Å². The van der Waals surface area contributed by atoms with E-state index in [1.807, 2.05) is 0 Å². The van der Waals surface area contributed by atoms with E-state index >= 15 is 0 Å². The topological polar surface area (TPSA) is 43.0 Å². The summed E-state index contributed by atoms with van der Waals surface area (Å²) in [7, 11) is 3.88. The Morgan fingerprint density at radius 1 is 1.11 bits per heavy atom. The lowest BCUT2D eigenvalue weighted by atomic mass is 9.99. The molecule has 2 atom stereocenters. The summed E-state index contributed by atoms with van der Waals surface area (Å²) in [4.78, 5) is 2.42. The highest BCUT2D eigenvalue weighted by atomic mass is 16.5. The highest BCUT2D eigenvalue weighted by molar-refractivity contribution is 4.80. The highest BCUT2D eigenvalue weighted by Gasteiger charge is 2.21. The van der Waals surface area contributed by atoms with Gasteiger partial charge >= 0.3 is 0 Å². The van der Waals surface area contributed by atoms with Crippen molar-refractivity contribution < 1.29 is 14.2 Å². The van der Waals surface area contributed by atoms with Gasteiger partial charge in [-0.15, -0.1) is 0 Å². The van der Waals surface area contributed by atoms with E-state index in [2.05, 4.69) is 24.2 Å². The van der Waals surface area contributed by atoms with Crippen molar-refractivity contribution >= 4 is 0 Å². The molecule has 0 aromatic rings. The Morgan fingerprint density at radius 3 is 2.47 bits per heavy atom. The third-order valence-corrected chi connectivity index (χ3v) is 3.69. The van der Waals surface area contributed by atoms with Crippen LogP contribution in [-0.4, -0.2) is 77.3 Å². The molecule has 0 amide bonds. The second-order valence-corrected chi connectivity index (χ2v) is 5.22. The molecule has 1 heterocycles. The minimum atomic E-state index is 0.644. The van der Waals surface area contributed by atoms with E-state index in [1.54, 1.807) is 7.11 Å². The van der Waals surface area contributed by atoms with Crippen molar-refractivity contribution in [1.82, 2.24) is 10.2 Å². The first kappa shape index (κ1) is 16.9. The van der Waals surface area contributed by atoms with Crippen molar-refractivity contribution in [3.05, 3.63) is 0 Å². The van der Waals surface area contributed by atoms with Crippen LogP contribution in [-0.2, 0) is 14.2 Å². The predicted octanol–water partition coefficient (Wildman–Crippen LogP) is 0.738. The Morgan fingerprint density at radius 2 is 1.79 bits per heavy atom. The second kappa shape index (κ2) is 10.6. The molecule has 0 aromatic heterocycles. The van der Waals surface area contributed by atoms with Gasteiger partial charge in [-0.1, -0.05) is 0 Å². The first-order valence-corrected chi connectivity index (χ1v) is 7.32. The third kappa shape index (κ3) is 7.84. The fourth-order valence-electron chi connectivity index (χ4n) is 2.27. The summed E-state index contributed by atoms with van der Waals surface area (Å²) in [5.74, 6) is 0. The maximum atomic E-state index is 5.51.